The number of Topliss-reactive ketones (excluding diaryl/α,β-unsaturated/α-hetero) is 2. The normalized spacial score (nSPS) is 7.77. The SMILES string of the molecule is CCC.CON=C(C(C)=O)C(C)=O. The van der Waals surface area contributed by atoms with Crippen LogP contribution in [0.15, 0.2) is 5.16 Å². The molecule has 0 radical (unpaired) electrons. The number of carbonyl (C=O) groups excluding carboxylic acids is 2. The largest absolute Gasteiger partial charge is 0.398 e. The lowest BCUT2D eigenvalue weighted by atomic mass is 10.2. The number of nitrogens with zero attached hydrogens (tertiary/aromatic N) is 1. The highest BCUT2D eigenvalue weighted by Crippen LogP contribution is 1.84. The summed E-state index contributed by atoms with van der Waals surface area (Å²) >= 11 is 0. The summed E-state index contributed by atoms with van der Waals surface area (Å²) in [6, 6.07) is 0. The summed E-state index contributed by atoms with van der Waals surface area (Å²) < 4.78 is 0. The molecule has 0 rings (SSSR count). The van der Waals surface area contributed by atoms with E-state index in [0.29, 0.717) is 0 Å². The van der Waals surface area contributed by atoms with E-state index in [1.54, 1.807) is 0 Å². The van der Waals surface area contributed by atoms with Crippen LogP contribution in [0.3, 0.4) is 0 Å². The number of rotatable bonds is 3. The number of oxime groups is 1. The minimum atomic E-state index is -0.380. The Morgan fingerprint density at radius 2 is 1.46 bits per heavy atom. The maximum atomic E-state index is 10.5. The predicted octanol–water partition coefficient (Wildman–Crippen LogP) is 1.58. The second-order valence-electron chi connectivity index (χ2n) is 2.44. The van der Waals surface area contributed by atoms with Crippen LogP contribution in [0.2, 0.25) is 0 Å². The predicted molar refractivity (Wildman–Crippen MR) is 51.8 cm³/mol. The van der Waals surface area contributed by atoms with Crippen molar-refractivity contribution in [1.29, 1.82) is 0 Å². The molecule has 0 unspecified atom stereocenters. The first-order chi connectivity index (χ1) is 6.01. The Morgan fingerprint density at radius 1 is 1.15 bits per heavy atom. The Hall–Kier alpha value is -1.19. The summed E-state index contributed by atoms with van der Waals surface area (Å²) in [6.45, 7) is 6.78. The van der Waals surface area contributed by atoms with Crippen LogP contribution in [0.1, 0.15) is 34.1 Å². The van der Waals surface area contributed by atoms with Crippen molar-refractivity contribution in [1.82, 2.24) is 0 Å². The van der Waals surface area contributed by atoms with Gasteiger partial charge in [-0.1, -0.05) is 25.4 Å². The van der Waals surface area contributed by atoms with Gasteiger partial charge < -0.3 is 4.84 Å². The fourth-order valence-corrected chi connectivity index (χ4v) is 0.468. The molecule has 0 heterocycles. The third-order valence-electron chi connectivity index (χ3n) is 0.850. The first-order valence-electron chi connectivity index (χ1n) is 4.14. The van der Waals surface area contributed by atoms with Crippen molar-refractivity contribution in [2.75, 3.05) is 7.11 Å². The summed E-state index contributed by atoms with van der Waals surface area (Å²) in [5, 5.41) is 3.24. The second kappa shape index (κ2) is 8.90. The van der Waals surface area contributed by atoms with E-state index in [9.17, 15) is 9.59 Å². The number of hydrogen-bond donors (Lipinski definition) is 0. The summed E-state index contributed by atoms with van der Waals surface area (Å²) in [7, 11) is 1.28. The Morgan fingerprint density at radius 3 is 1.54 bits per heavy atom. The molecule has 0 aromatic carbocycles. The molecule has 0 saturated heterocycles. The van der Waals surface area contributed by atoms with Gasteiger partial charge in [-0.15, -0.1) is 0 Å². The van der Waals surface area contributed by atoms with Crippen molar-refractivity contribution in [2.45, 2.75) is 34.1 Å². The first-order valence-corrected chi connectivity index (χ1v) is 4.14. The van der Waals surface area contributed by atoms with Crippen LogP contribution in [-0.4, -0.2) is 24.4 Å². The van der Waals surface area contributed by atoms with Crippen molar-refractivity contribution in [2.24, 2.45) is 5.16 Å². The van der Waals surface area contributed by atoms with Gasteiger partial charge in [-0.05, 0) is 0 Å². The third kappa shape index (κ3) is 8.72. The van der Waals surface area contributed by atoms with Crippen molar-refractivity contribution < 1.29 is 14.4 Å². The van der Waals surface area contributed by atoms with E-state index in [1.165, 1.54) is 27.4 Å². The van der Waals surface area contributed by atoms with Gasteiger partial charge in [0.05, 0.1) is 0 Å². The lowest BCUT2D eigenvalue weighted by Crippen LogP contribution is -2.19. The fraction of sp³-hybridized carbons (Fsp3) is 0.667. The van der Waals surface area contributed by atoms with Gasteiger partial charge >= 0.3 is 0 Å². The number of carbonyl (C=O) groups is 2. The average molecular weight is 187 g/mol. The first kappa shape index (κ1) is 14.3. The van der Waals surface area contributed by atoms with Gasteiger partial charge in [0.2, 0.25) is 0 Å². The maximum absolute atomic E-state index is 10.5. The van der Waals surface area contributed by atoms with Gasteiger partial charge in [0.1, 0.15) is 7.11 Å². The highest BCUT2D eigenvalue weighted by Gasteiger charge is 2.11. The van der Waals surface area contributed by atoms with Crippen molar-refractivity contribution in [3.8, 4) is 0 Å². The van der Waals surface area contributed by atoms with Crippen LogP contribution < -0.4 is 0 Å². The molecule has 0 saturated carbocycles. The molecule has 0 aromatic rings. The molecule has 0 bridgehead atoms. The van der Waals surface area contributed by atoms with Crippen LogP contribution in [0, 0.1) is 0 Å². The van der Waals surface area contributed by atoms with E-state index in [-0.39, 0.29) is 17.3 Å². The van der Waals surface area contributed by atoms with Crippen LogP contribution >= 0.6 is 0 Å². The van der Waals surface area contributed by atoms with Gasteiger partial charge in [0.15, 0.2) is 17.3 Å². The van der Waals surface area contributed by atoms with Crippen LogP contribution in [0.5, 0.6) is 0 Å². The second-order valence-corrected chi connectivity index (χ2v) is 2.44. The summed E-state index contributed by atoms with van der Waals surface area (Å²) in [5.74, 6) is -0.760. The Balaban J connectivity index is 0. The van der Waals surface area contributed by atoms with Gasteiger partial charge in [-0.3, -0.25) is 9.59 Å². The summed E-state index contributed by atoms with van der Waals surface area (Å²) in [5.41, 5.74) is -0.150. The molecule has 0 aliphatic rings. The molecule has 0 atom stereocenters. The van der Waals surface area contributed by atoms with E-state index in [1.807, 2.05) is 0 Å². The highest BCUT2D eigenvalue weighted by molar-refractivity contribution is 6.65. The monoisotopic (exact) mass is 187 g/mol. The molecule has 4 heteroatoms. The molecule has 76 valence electrons. The van der Waals surface area contributed by atoms with Gasteiger partial charge in [-0.2, -0.15) is 0 Å². The molecule has 0 amide bonds. The zero-order valence-electron chi connectivity index (χ0n) is 8.88. The molecule has 0 aliphatic heterocycles. The van der Waals surface area contributed by atoms with Gasteiger partial charge in [-0.25, -0.2) is 0 Å². The average Bonchev–Trinajstić information content (AvgIpc) is 2.00. The van der Waals surface area contributed by atoms with E-state index >= 15 is 0 Å². The number of ketones is 2. The smallest absolute Gasteiger partial charge is 0.187 e. The fourth-order valence-electron chi connectivity index (χ4n) is 0.468. The Bertz CT molecular complexity index is 181. The minimum Gasteiger partial charge on any atom is -0.398 e. The van der Waals surface area contributed by atoms with Crippen LogP contribution in [-0.2, 0) is 14.4 Å². The lowest BCUT2D eigenvalue weighted by molar-refractivity contribution is -0.115. The molecule has 4 nitrogen and oxygen atoms in total. The standard InChI is InChI=1S/C6H9NO3.C3H8/c1-4(8)6(5(2)9)7-10-3;1-3-2/h1-3H3;3H2,1-2H3. The maximum Gasteiger partial charge on any atom is 0.187 e. The molecule has 0 fully saturated rings. The quantitative estimate of drug-likeness (QED) is 0.383. The van der Waals surface area contributed by atoms with Gasteiger partial charge in [0.25, 0.3) is 0 Å². The molecule has 0 aliphatic carbocycles. The van der Waals surface area contributed by atoms with E-state index in [4.69, 9.17) is 0 Å². The van der Waals surface area contributed by atoms with Crippen LogP contribution in [0.25, 0.3) is 0 Å². The lowest BCUT2D eigenvalue weighted by Gasteiger charge is -1.93. The third-order valence-corrected chi connectivity index (χ3v) is 0.850. The highest BCUT2D eigenvalue weighted by atomic mass is 16.6. The molecular weight excluding hydrogens is 170 g/mol. The summed E-state index contributed by atoms with van der Waals surface area (Å²) in [6.07, 6.45) is 1.25. The zero-order valence-corrected chi connectivity index (χ0v) is 8.88. The van der Waals surface area contributed by atoms with Crippen molar-refractivity contribution >= 4 is 17.3 Å². The number of hydrogen-bond acceptors (Lipinski definition) is 4. The topological polar surface area (TPSA) is 55.7 Å². The van der Waals surface area contributed by atoms with Crippen molar-refractivity contribution in [3.63, 3.8) is 0 Å². The van der Waals surface area contributed by atoms with E-state index < -0.39 is 0 Å². The van der Waals surface area contributed by atoms with E-state index in [2.05, 4.69) is 23.8 Å². The van der Waals surface area contributed by atoms with Gasteiger partial charge in [0, 0.05) is 13.8 Å². The Kier molecular flexibility index (Phi) is 9.82. The molecule has 13 heavy (non-hydrogen) atoms. The Labute approximate surface area is 79.0 Å². The molecule has 0 spiro atoms. The van der Waals surface area contributed by atoms with E-state index in [0.717, 1.165) is 0 Å². The molecular formula is C9H17NO3. The zero-order chi connectivity index (χ0) is 10.9. The van der Waals surface area contributed by atoms with Crippen molar-refractivity contribution in [3.05, 3.63) is 0 Å². The molecule has 0 N–H and O–H groups in total. The minimum absolute atomic E-state index is 0.150. The van der Waals surface area contributed by atoms with Crippen LogP contribution in [0.4, 0.5) is 0 Å². The summed E-state index contributed by atoms with van der Waals surface area (Å²) in [4.78, 5) is 25.4. The molecule has 0 aromatic heterocycles.